The van der Waals surface area contributed by atoms with Crippen molar-refractivity contribution in [3.8, 4) is 0 Å². The third kappa shape index (κ3) is 2.74. The van der Waals surface area contributed by atoms with Crippen molar-refractivity contribution < 1.29 is 30.0 Å². The van der Waals surface area contributed by atoms with E-state index in [-0.39, 0.29) is 34.4 Å². The van der Waals surface area contributed by atoms with Crippen molar-refractivity contribution in [3.63, 3.8) is 0 Å². The molecular weight excluding hydrogens is 456 g/mol. The Labute approximate surface area is 215 Å². The van der Waals surface area contributed by atoms with Gasteiger partial charge in [-0.25, -0.2) is 0 Å². The summed E-state index contributed by atoms with van der Waals surface area (Å²) in [6.07, 6.45) is 4.51. The zero-order valence-corrected chi connectivity index (χ0v) is 23.1. The predicted octanol–water partition coefficient (Wildman–Crippen LogP) is 4.35. The maximum atomic E-state index is 13.0. The first-order valence-electron chi connectivity index (χ1n) is 14.0. The van der Waals surface area contributed by atoms with Gasteiger partial charge in [-0.2, -0.15) is 0 Å². The normalized spacial score (nSPS) is 55.9. The highest BCUT2D eigenvalue weighted by atomic mass is 16.4. The van der Waals surface area contributed by atoms with Crippen molar-refractivity contribution in [1.82, 2.24) is 0 Å². The van der Waals surface area contributed by atoms with Gasteiger partial charge in [0.1, 0.15) is 6.10 Å². The molecule has 0 aliphatic heterocycles. The van der Waals surface area contributed by atoms with E-state index in [1.54, 1.807) is 0 Å². The molecule has 202 valence electrons. The molecule has 4 fully saturated rings. The monoisotopic (exact) mass is 502 g/mol. The van der Waals surface area contributed by atoms with Gasteiger partial charge < -0.3 is 20.4 Å². The molecule has 36 heavy (non-hydrogen) atoms. The van der Waals surface area contributed by atoms with Gasteiger partial charge in [0.2, 0.25) is 0 Å². The Morgan fingerprint density at radius 2 is 1.58 bits per heavy atom. The van der Waals surface area contributed by atoms with Crippen molar-refractivity contribution in [1.29, 1.82) is 0 Å². The molecule has 5 rings (SSSR count). The Bertz CT molecular complexity index is 1030. The number of aliphatic carboxylic acids is 1. The van der Waals surface area contributed by atoms with Gasteiger partial charge in [-0.3, -0.25) is 9.59 Å². The summed E-state index contributed by atoms with van der Waals surface area (Å²) in [5.74, 6) is -1.54. The van der Waals surface area contributed by atoms with Gasteiger partial charge >= 0.3 is 5.97 Å². The molecule has 4 saturated carbocycles. The Morgan fingerprint density at radius 3 is 2.19 bits per heavy atom. The number of hydrogen-bond donors (Lipinski definition) is 4. The zero-order chi connectivity index (χ0) is 26.9. The van der Waals surface area contributed by atoms with Gasteiger partial charge in [-0.1, -0.05) is 53.2 Å². The summed E-state index contributed by atoms with van der Waals surface area (Å²) in [5, 5.41) is 44.8. The number of ketones is 1. The van der Waals surface area contributed by atoms with Gasteiger partial charge in [-0.05, 0) is 80.5 Å². The van der Waals surface area contributed by atoms with Crippen molar-refractivity contribution in [2.45, 2.75) is 111 Å². The average molecular weight is 503 g/mol. The number of aliphatic hydroxyl groups excluding tert-OH is 2. The quantitative estimate of drug-likeness (QED) is 0.396. The third-order valence-corrected chi connectivity index (χ3v) is 13.4. The van der Waals surface area contributed by atoms with Gasteiger partial charge in [-0.15, -0.1) is 0 Å². The van der Waals surface area contributed by atoms with E-state index in [1.165, 1.54) is 0 Å². The van der Waals surface area contributed by atoms with E-state index >= 15 is 0 Å². The first kappa shape index (κ1) is 26.4. The topological polar surface area (TPSA) is 115 Å². The molecule has 0 unspecified atom stereocenters. The molecule has 0 saturated heterocycles. The number of carbonyl (C=O) groups excluding carboxylic acids is 1. The minimum Gasteiger partial charge on any atom is -0.481 e. The molecule has 0 bridgehead atoms. The fourth-order valence-electron chi connectivity index (χ4n) is 10.7. The molecule has 6 nitrogen and oxygen atoms in total. The third-order valence-electron chi connectivity index (χ3n) is 13.4. The number of aliphatic hydroxyl groups is 3. The van der Waals surface area contributed by atoms with Gasteiger partial charge in [0.15, 0.2) is 5.78 Å². The van der Waals surface area contributed by atoms with Crippen LogP contribution in [0, 0.1) is 50.7 Å². The number of carboxylic acid groups (broad SMARTS) is 1. The molecular formula is C30H46O6. The summed E-state index contributed by atoms with van der Waals surface area (Å²) < 4.78 is 0. The molecule has 5 aliphatic rings. The number of allylic oxidation sites excluding steroid dienone is 1. The second-order valence-electron chi connectivity index (χ2n) is 14.7. The SMILES string of the molecule is C[C@@H]1CC[C@]2(C(=O)O)CC[C@]3(C)C(=CC[C@@H]4[C@@]5(C)[C@H](O)[C@@H](O)C(=O)C(C)(C)[C@H]5CC[C@]43C)[C@@H]2[C@]1(C)O. The number of carbonyl (C=O) groups is 2. The molecule has 0 aromatic carbocycles. The lowest BCUT2D eigenvalue weighted by Crippen LogP contribution is -2.71. The Hall–Kier alpha value is -1.24. The van der Waals surface area contributed by atoms with E-state index in [9.17, 15) is 30.0 Å². The summed E-state index contributed by atoms with van der Waals surface area (Å²) in [6, 6.07) is 0. The first-order valence-corrected chi connectivity index (χ1v) is 14.0. The maximum absolute atomic E-state index is 13.0. The lowest BCUT2D eigenvalue weighted by molar-refractivity contribution is -0.241. The van der Waals surface area contributed by atoms with Crippen LogP contribution in [0.1, 0.15) is 93.4 Å². The number of rotatable bonds is 1. The van der Waals surface area contributed by atoms with Crippen LogP contribution in [-0.2, 0) is 9.59 Å². The van der Waals surface area contributed by atoms with Crippen LogP contribution in [0.15, 0.2) is 11.6 Å². The van der Waals surface area contributed by atoms with E-state index in [4.69, 9.17) is 0 Å². The highest BCUT2D eigenvalue weighted by molar-refractivity contribution is 5.90. The Balaban J connectivity index is 1.68. The molecule has 0 spiro atoms. The summed E-state index contributed by atoms with van der Waals surface area (Å²) in [7, 11) is 0. The molecule has 6 heteroatoms. The average Bonchev–Trinajstić information content (AvgIpc) is 2.79. The van der Waals surface area contributed by atoms with E-state index in [0.29, 0.717) is 25.7 Å². The van der Waals surface area contributed by atoms with Crippen LogP contribution in [0.5, 0.6) is 0 Å². The minimum absolute atomic E-state index is 0.000802. The standard InChI is InChI=1S/C30H46O6/c1-16-10-13-30(24(34)35)15-14-26(4)17(21(30)29(16,7)36)8-9-19-27(26,5)12-11-18-25(2,3)22(32)20(31)23(33)28(18,19)6/h8,16,18-21,23,31,33,36H,9-15H2,1-7H3,(H,34,35)/t16-,18-,19+,20+,21-,23-,26-,27-,28+,29-,30+/m1/s1. The smallest absolute Gasteiger partial charge is 0.310 e. The fraction of sp³-hybridized carbons (Fsp3) is 0.867. The van der Waals surface area contributed by atoms with Crippen molar-refractivity contribution in [2.75, 3.05) is 0 Å². The summed E-state index contributed by atoms with van der Waals surface area (Å²) in [6.45, 7) is 14.4. The van der Waals surface area contributed by atoms with Crippen LogP contribution in [0.3, 0.4) is 0 Å². The van der Waals surface area contributed by atoms with Crippen molar-refractivity contribution >= 4 is 11.8 Å². The van der Waals surface area contributed by atoms with Crippen LogP contribution in [0.2, 0.25) is 0 Å². The number of carboxylic acids is 1. The molecule has 0 aromatic heterocycles. The minimum atomic E-state index is -1.40. The van der Waals surface area contributed by atoms with Crippen molar-refractivity contribution in [2.24, 2.45) is 50.7 Å². The van der Waals surface area contributed by atoms with Crippen LogP contribution >= 0.6 is 0 Å². The van der Waals surface area contributed by atoms with E-state index in [1.807, 2.05) is 27.7 Å². The van der Waals surface area contributed by atoms with Crippen LogP contribution in [-0.4, -0.2) is 50.0 Å². The zero-order valence-electron chi connectivity index (χ0n) is 23.1. The fourth-order valence-corrected chi connectivity index (χ4v) is 10.7. The van der Waals surface area contributed by atoms with E-state index < -0.39 is 45.9 Å². The van der Waals surface area contributed by atoms with Gasteiger partial charge in [0.25, 0.3) is 0 Å². The number of fused-ring (bicyclic) bond motifs is 7. The van der Waals surface area contributed by atoms with Crippen molar-refractivity contribution in [3.05, 3.63) is 11.6 Å². The van der Waals surface area contributed by atoms with E-state index in [2.05, 4.69) is 26.8 Å². The largest absolute Gasteiger partial charge is 0.481 e. The molecule has 0 aromatic rings. The second kappa shape index (κ2) is 7.45. The molecule has 4 N–H and O–H groups in total. The predicted molar refractivity (Wildman–Crippen MR) is 136 cm³/mol. The summed E-state index contributed by atoms with van der Waals surface area (Å²) >= 11 is 0. The van der Waals surface area contributed by atoms with Crippen LogP contribution in [0.25, 0.3) is 0 Å². The maximum Gasteiger partial charge on any atom is 0.310 e. The molecule has 5 aliphatic carbocycles. The lowest BCUT2D eigenvalue weighted by Gasteiger charge is -2.72. The lowest BCUT2D eigenvalue weighted by atomic mass is 9.32. The Morgan fingerprint density at radius 1 is 0.944 bits per heavy atom. The molecule has 0 amide bonds. The van der Waals surface area contributed by atoms with E-state index in [0.717, 1.165) is 24.8 Å². The summed E-state index contributed by atoms with van der Waals surface area (Å²) in [4.78, 5) is 25.9. The molecule has 0 heterocycles. The number of Topliss-reactive ketones (excluding diaryl/α,β-unsaturated/α-hetero) is 1. The highest BCUT2D eigenvalue weighted by Crippen LogP contribution is 2.75. The number of hydrogen-bond acceptors (Lipinski definition) is 5. The Kier molecular flexibility index (Phi) is 5.45. The van der Waals surface area contributed by atoms with Gasteiger partial charge in [0, 0.05) is 16.7 Å². The second-order valence-corrected chi connectivity index (χ2v) is 14.7. The highest BCUT2D eigenvalue weighted by Gasteiger charge is 2.73. The summed E-state index contributed by atoms with van der Waals surface area (Å²) in [5.41, 5.74) is -2.98. The van der Waals surface area contributed by atoms with Gasteiger partial charge in [0.05, 0.1) is 17.1 Å². The first-order chi connectivity index (χ1) is 16.4. The van der Waals surface area contributed by atoms with Crippen LogP contribution in [0.4, 0.5) is 0 Å². The van der Waals surface area contributed by atoms with Crippen LogP contribution < -0.4 is 0 Å². The molecule has 11 atom stereocenters. The molecule has 0 radical (unpaired) electrons.